The second-order valence-electron chi connectivity index (χ2n) is 3.69. The summed E-state index contributed by atoms with van der Waals surface area (Å²) < 4.78 is 0. The van der Waals surface area contributed by atoms with Gasteiger partial charge in [-0.3, -0.25) is 4.79 Å². The average molecular weight is 215 g/mol. The van der Waals surface area contributed by atoms with Crippen LogP contribution in [0, 0.1) is 12.3 Å². The topological polar surface area (TPSA) is 29.1 Å². The Hall–Kier alpha value is -1.75. The zero-order chi connectivity index (χ0) is 11.8. The fraction of sp³-hybridized carbons (Fsp3) is 0.357. The Balaban J connectivity index is 2.57. The molecule has 1 amide bonds. The smallest absolute Gasteiger partial charge is 0.252 e. The van der Waals surface area contributed by atoms with Gasteiger partial charge in [-0.1, -0.05) is 31.4 Å². The van der Waals surface area contributed by atoms with Crippen LogP contribution in [0.15, 0.2) is 24.3 Å². The number of benzene rings is 1. The van der Waals surface area contributed by atoms with Gasteiger partial charge in [0.25, 0.3) is 5.91 Å². The van der Waals surface area contributed by atoms with E-state index >= 15 is 0 Å². The summed E-state index contributed by atoms with van der Waals surface area (Å²) in [5.74, 6) is 2.26. The number of terminal acetylenes is 1. The summed E-state index contributed by atoms with van der Waals surface area (Å²) in [5, 5.41) is 2.64. The molecule has 2 nitrogen and oxygen atoms in total. The number of hydrogen-bond acceptors (Lipinski definition) is 1. The molecule has 0 radical (unpaired) electrons. The van der Waals surface area contributed by atoms with E-state index in [1.807, 2.05) is 24.3 Å². The molecule has 1 rings (SSSR count). The summed E-state index contributed by atoms with van der Waals surface area (Å²) in [5.41, 5.74) is 1.94. The Morgan fingerprint density at radius 3 is 2.62 bits per heavy atom. The van der Waals surface area contributed by atoms with Gasteiger partial charge >= 0.3 is 0 Å². The van der Waals surface area contributed by atoms with Crippen LogP contribution in [0.5, 0.6) is 0 Å². The van der Waals surface area contributed by atoms with Crippen molar-refractivity contribution in [1.82, 2.24) is 5.32 Å². The molecule has 0 aromatic heterocycles. The van der Waals surface area contributed by atoms with Crippen molar-refractivity contribution >= 4 is 5.91 Å². The predicted octanol–water partition coefficient (Wildman–Crippen LogP) is 2.39. The van der Waals surface area contributed by atoms with Crippen molar-refractivity contribution in [2.24, 2.45) is 0 Å². The van der Waals surface area contributed by atoms with Crippen molar-refractivity contribution in [3.05, 3.63) is 35.4 Å². The molecule has 84 valence electrons. The fourth-order valence-electron chi connectivity index (χ4n) is 1.44. The first-order valence-corrected chi connectivity index (χ1v) is 5.58. The molecule has 0 saturated heterocycles. The van der Waals surface area contributed by atoms with E-state index in [2.05, 4.69) is 18.2 Å². The predicted molar refractivity (Wildman–Crippen MR) is 66.2 cm³/mol. The minimum Gasteiger partial charge on any atom is -0.341 e. The molecule has 0 spiro atoms. The molecular formula is C14H17NO. The van der Waals surface area contributed by atoms with E-state index in [0.29, 0.717) is 5.56 Å². The molecule has 16 heavy (non-hydrogen) atoms. The molecule has 0 aliphatic carbocycles. The lowest BCUT2D eigenvalue weighted by Crippen LogP contribution is -2.23. The van der Waals surface area contributed by atoms with E-state index in [4.69, 9.17) is 6.42 Å². The first-order valence-electron chi connectivity index (χ1n) is 5.58. The largest absolute Gasteiger partial charge is 0.341 e. The molecule has 0 atom stereocenters. The van der Waals surface area contributed by atoms with Crippen molar-refractivity contribution in [2.45, 2.75) is 26.2 Å². The van der Waals surface area contributed by atoms with Crippen LogP contribution in [0.3, 0.4) is 0 Å². The summed E-state index contributed by atoms with van der Waals surface area (Å²) in [6.45, 7) is 2.44. The molecule has 1 aromatic rings. The highest BCUT2D eigenvalue weighted by Gasteiger charge is 2.03. The van der Waals surface area contributed by atoms with Crippen molar-refractivity contribution in [3.63, 3.8) is 0 Å². The number of hydrogen-bond donors (Lipinski definition) is 1. The van der Waals surface area contributed by atoms with Crippen LogP contribution in [0.25, 0.3) is 0 Å². The van der Waals surface area contributed by atoms with Gasteiger partial charge in [0.05, 0.1) is 6.54 Å². The molecule has 0 aliphatic rings. The third-order valence-corrected chi connectivity index (χ3v) is 2.39. The number of unbranched alkanes of at least 4 members (excludes halogenated alkanes) is 1. The molecule has 0 bridgehead atoms. The summed E-state index contributed by atoms with van der Waals surface area (Å²) in [4.78, 5) is 11.5. The lowest BCUT2D eigenvalue weighted by molar-refractivity contribution is 0.0958. The fourth-order valence-corrected chi connectivity index (χ4v) is 1.44. The highest BCUT2D eigenvalue weighted by molar-refractivity contribution is 5.94. The molecule has 0 aliphatic heterocycles. The molecule has 2 heteroatoms. The number of aryl methyl sites for hydroxylation is 1. The maximum Gasteiger partial charge on any atom is 0.252 e. The highest BCUT2D eigenvalue weighted by Crippen LogP contribution is 2.07. The van der Waals surface area contributed by atoms with Gasteiger partial charge in [-0.2, -0.15) is 0 Å². The van der Waals surface area contributed by atoms with E-state index in [-0.39, 0.29) is 12.5 Å². The Kier molecular flexibility index (Phi) is 5.15. The Labute approximate surface area is 97.1 Å². The zero-order valence-electron chi connectivity index (χ0n) is 9.62. The highest BCUT2D eigenvalue weighted by atomic mass is 16.1. The van der Waals surface area contributed by atoms with E-state index in [9.17, 15) is 4.79 Å². The van der Waals surface area contributed by atoms with Gasteiger partial charge in [0.2, 0.25) is 0 Å². The SMILES string of the molecule is C#CCNC(=O)c1ccc(CCCC)cc1. The van der Waals surface area contributed by atoms with Gasteiger partial charge < -0.3 is 5.32 Å². The van der Waals surface area contributed by atoms with Gasteiger partial charge in [-0.05, 0) is 30.5 Å². The van der Waals surface area contributed by atoms with Gasteiger partial charge in [-0.25, -0.2) is 0 Å². The summed E-state index contributed by atoms with van der Waals surface area (Å²) >= 11 is 0. The number of rotatable bonds is 5. The van der Waals surface area contributed by atoms with Crippen LogP contribution < -0.4 is 5.32 Å². The lowest BCUT2D eigenvalue weighted by atomic mass is 10.1. The molecule has 0 saturated carbocycles. The third-order valence-electron chi connectivity index (χ3n) is 2.39. The second-order valence-corrected chi connectivity index (χ2v) is 3.69. The van der Waals surface area contributed by atoms with Crippen LogP contribution in [-0.2, 0) is 6.42 Å². The van der Waals surface area contributed by atoms with Crippen molar-refractivity contribution in [1.29, 1.82) is 0 Å². The summed E-state index contributed by atoms with van der Waals surface area (Å²) in [6, 6.07) is 7.69. The molecular weight excluding hydrogens is 198 g/mol. The van der Waals surface area contributed by atoms with Gasteiger partial charge in [0, 0.05) is 5.56 Å². The van der Waals surface area contributed by atoms with Crippen LogP contribution in [0.1, 0.15) is 35.7 Å². The van der Waals surface area contributed by atoms with Crippen LogP contribution in [0.2, 0.25) is 0 Å². The summed E-state index contributed by atoms with van der Waals surface area (Å²) in [7, 11) is 0. The van der Waals surface area contributed by atoms with E-state index in [1.165, 1.54) is 18.4 Å². The lowest BCUT2D eigenvalue weighted by Gasteiger charge is -2.03. The van der Waals surface area contributed by atoms with Gasteiger partial charge in [0.15, 0.2) is 0 Å². The van der Waals surface area contributed by atoms with Crippen LogP contribution in [-0.4, -0.2) is 12.5 Å². The van der Waals surface area contributed by atoms with E-state index in [1.54, 1.807) is 0 Å². The Bertz CT molecular complexity index is 373. The molecule has 0 heterocycles. The maximum atomic E-state index is 11.5. The Morgan fingerprint density at radius 2 is 2.06 bits per heavy atom. The van der Waals surface area contributed by atoms with Crippen molar-refractivity contribution < 1.29 is 4.79 Å². The van der Waals surface area contributed by atoms with Gasteiger partial charge in [-0.15, -0.1) is 6.42 Å². The molecule has 1 N–H and O–H groups in total. The van der Waals surface area contributed by atoms with E-state index in [0.717, 1.165) is 6.42 Å². The first kappa shape index (κ1) is 12.3. The summed E-state index contributed by atoms with van der Waals surface area (Å²) in [6.07, 6.45) is 8.51. The number of carbonyl (C=O) groups is 1. The quantitative estimate of drug-likeness (QED) is 0.751. The van der Waals surface area contributed by atoms with Crippen molar-refractivity contribution in [3.8, 4) is 12.3 Å². The normalized spacial score (nSPS) is 9.50. The zero-order valence-corrected chi connectivity index (χ0v) is 9.62. The minimum absolute atomic E-state index is 0.111. The van der Waals surface area contributed by atoms with Crippen molar-refractivity contribution in [2.75, 3.05) is 6.54 Å². The Morgan fingerprint density at radius 1 is 1.38 bits per heavy atom. The molecule has 1 aromatic carbocycles. The van der Waals surface area contributed by atoms with Gasteiger partial charge in [0.1, 0.15) is 0 Å². The third kappa shape index (κ3) is 3.78. The van der Waals surface area contributed by atoms with Crippen LogP contribution >= 0.6 is 0 Å². The minimum atomic E-state index is -0.111. The van der Waals surface area contributed by atoms with E-state index < -0.39 is 0 Å². The number of nitrogens with one attached hydrogen (secondary N) is 1. The standard InChI is InChI=1S/C14H17NO/c1-3-5-6-12-7-9-13(10-8-12)14(16)15-11-4-2/h2,7-10H,3,5-6,11H2,1H3,(H,15,16). The molecule has 0 fully saturated rings. The van der Waals surface area contributed by atoms with Crippen LogP contribution in [0.4, 0.5) is 0 Å². The average Bonchev–Trinajstić information content (AvgIpc) is 2.34. The number of amides is 1. The second kappa shape index (κ2) is 6.68. The monoisotopic (exact) mass is 215 g/mol. The molecule has 0 unspecified atom stereocenters. The maximum absolute atomic E-state index is 11.5. The number of carbonyl (C=O) groups excluding carboxylic acids is 1. The first-order chi connectivity index (χ1) is 7.77.